The summed E-state index contributed by atoms with van der Waals surface area (Å²) in [6.45, 7) is 0.917. The molecule has 0 aromatic carbocycles. The predicted octanol–water partition coefficient (Wildman–Crippen LogP) is 1.13. The van der Waals surface area contributed by atoms with Crippen molar-refractivity contribution in [1.82, 2.24) is 0 Å². The highest BCUT2D eigenvalue weighted by molar-refractivity contribution is 4.71. The Morgan fingerprint density at radius 2 is 2.00 bits per heavy atom. The summed E-state index contributed by atoms with van der Waals surface area (Å²) < 4.78 is 0. The highest BCUT2D eigenvalue weighted by atomic mass is 16.3. The van der Waals surface area contributed by atoms with E-state index in [1.54, 1.807) is 0 Å². The van der Waals surface area contributed by atoms with E-state index in [1.165, 1.54) is 25.7 Å². The number of rotatable bonds is 4. The van der Waals surface area contributed by atoms with Gasteiger partial charge in [-0.2, -0.15) is 0 Å². The van der Waals surface area contributed by atoms with Crippen molar-refractivity contribution in [3.05, 3.63) is 0 Å². The van der Waals surface area contributed by atoms with Crippen LogP contribution in [0.4, 0.5) is 0 Å². The van der Waals surface area contributed by atoms with Gasteiger partial charge in [0.2, 0.25) is 0 Å². The second kappa shape index (κ2) is 4.73. The van der Waals surface area contributed by atoms with Crippen LogP contribution in [0.25, 0.3) is 0 Å². The van der Waals surface area contributed by atoms with E-state index in [2.05, 4.69) is 0 Å². The lowest BCUT2D eigenvalue weighted by molar-refractivity contribution is 0.205. The molecule has 0 aliphatic heterocycles. The molecule has 2 heteroatoms. The van der Waals surface area contributed by atoms with Gasteiger partial charge >= 0.3 is 0 Å². The van der Waals surface area contributed by atoms with Gasteiger partial charge < -0.3 is 10.8 Å². The Kier molecular flexibility index (Phi) is 3.87. The molecule has 1 aliphatic rings. The molecule has 11 heavy (non-hydrogen) atoms. The summed E-state index contributed by atoms with van der Waals surface area (Å²) in [5, 5.41) is 8.91. The zero-order valence-corrected chi connectivity index (χ0v) is 7.13. The van der Waals surface area contributed by atoms with Crippen LogP contribution < -0.4 is 5.73 Å². The van der Waals surface area contributed by atoms with Crippen LogP contribution in [0, 0.1) is 11.8 Å². The van der Waals surface area contributed by atoms with Gasteiger partial charge in [-0.3, -0.25) is 0 Å². The second-order valence-electron chi connectivity index (χ2n) is 3.67. The van der Waals surface area contributed by atoms with E-state index in [0.29, 0.717) is 12.5 Å². The lowest BCUT2D eigenvalue weighted by Crippen LogP contribution is -2.20. The Bertz CT molecular complexity index is 95.7. The van der Waals surface area contributed by atoms with E-state index < -0.39 is 0 Å². The number of hydrogen-bond acceptors (Lipinski definition) is 2. The zero-order valence-electron chi connectivity index (χ0n) is 7.13. The number of aliphatic hydroxyl groups is 1. The topological polar surface area (TPSA) is 46.2 Å². The van der Waals surface area contributed by atoms with Crippen LogP contribution in [0.1, 0.15) is 32.1 Å². The molecule has 0 unspecified atom stereocenters. The Hall–Kier alpha value is -0.0800. The van der Waals surface area contributed by atoms with Crippen LogP contribution >= 0.6 is 0 Å². The van der Waals surface area contributed by atoms with Crippen molar-refractivity contribution in [1.29, 1.82) is 0 Å². The van der Waals surface area contributed by atoms with Gasteiger partial charge in [0.1, 0.15) is 0 Å². The summed E-state index contributed by atoms with van der Waals surface area (Å²) in [4.78, 5) is 0. The van der Waals surface area contributed by atoms with Crippen LogP contribution in [-0.2, 0) is 0 Å². The Labute approximate surface area is 68.8 Å². The van der Waals surface area contributed by atoms with Crippen molar-refractivity contribution >= 4 is 0 Å². The minimum Gasteiger partial charge on any atom is -0.396 e. The van der Waals surface area contributed by atoms with E-state index in [0.717, 1.165) is 12.3 Å². The van der Waals surface area contributed by atoms with E-state index in [1.807, 2.05) is 0 Å². The second-order valence-corrected chi connectivity index (χ2v) is 3.67. The molecule has 1 fully saturated rings. The Morgan fingerprint density at radius 3 is 2.45 bits per heavy atom. The molecule has 0 amide bonds. The number of aliphatic hydroxyl groups excluding tert-OH is 1. The van der Waals surface area contributed by atoms with Gasteiger partial charge in [-0.25, -0.2) is 0 Å². The Balaban J connectivity index is 2.16. The summed E-state index contributed by atoms with van der Waals surface area (Å²) >= 11 is 0. The molecule has 0 saturated heterocycles. The summed E-state index contributed by atoms with van der Waals surface area (Å²) in [6, 6.07) is 0. The molecule has 2 nitrogen and oxygen atoms in total. The van der Waals surface area contributed by atoms with E-state index in [-0.39, 0.29) is 6.61 Å². The first-order valence-corrected chi connectivity index (χ1v) is 4.67. The SMILES string of the molecule is NC[C@H](CO)CC1CCCC1. The van der Waals surface area contributed by atoms with Gasteiger partial charge in [-0.15, -0.1) is 0 Å². The van der Waals surface area contributed by atoms with Gasteiger partial charge in [0.25, 0.3) is 0 Å². The van der Waals surface area contributed by atoms with Crippen molar-refractivity contribution in [2.24, 2.45) is 17.6 Å². The quantitative estimate of drug-likeness (QED) is 0.642. The third kappa shape index (κ3) is 2.80. The molecular formula is C9H19NO. The molecule has 1 aliphatic carbocycles. The minimum atomic E-state index is 0.271. The third-order valence-electron chi connectivity index (χ3n) is 2.73. The standard InChI is InChI=1S/C9H19NO/c10-6-9(7-11)5-8-3-1-2-4-8/h8-9,11H,1-7,10H2/t9-/m1/s1. The maximum absolute atomic E-state index is 8.91. The van der Waals surface area contributed by atoms with E-state index >= 15 is 0 Å². The molecule has 1 rings (SSSR count). The maximum Gasteiger partial charge on any atom is 0.0471 e. The fourth-order valence-corrected chi connectivity index (χ4v) is 1.96. The lowest BCUT2D eigenvalue weighted by Gasteiger charge is -2.15. The van der Waals surface area contributed by atoms with E-state index in [4.69, 9.17) is 10.8 Å². The fraction of sp³-hybridized carbons (Fsp3) is 1.00. The van der Waals surface area contributed by atoms with Crippen LogP contribution in [-0.4, -0.2) is 18.3 Å². The van der Waals surface area contributed by atoms with Gasteiger partial charge in [-0.05, 0) is 24.8 Å². The van der Waals surface area contributed by atoms with Gasteiger partial charge in [0.05, 0.1) is 0 Å². The van der Waals surface area contributed by atoms with Crippen molar-refractivity contribution < 1.29 is 5.11 Å². The van der Waals surface area contributed by atoms with E-state index in [9.17, 15) is 0 Å². The maximum atomic E-state index is 8.91. The first-order valence-electron chi connectivity index (χ1n) is 4.67. The lowest BCUT2D eigenvalue weighted by atomic mass is 9.94. The largest absolute Gasteiger partial charge is 0.396 e. The molecule has 1 atom stereocenters. The molecule has 66 valence electrons. The smallest absolute Gasteiger partial charge is 0.0471 e. The minimum absolute atomic E-state index is 0.271. The van der Waals surface area contributed by atoms with Gasteiger partial charge in [0.15, 0.2) is 0 Å². The average Bonchev–Trinajstić information content (AvgIpc) is 2.52. The first kappa shape index (κ1) is 9.01. The third-order valence-corrected chi connectivity index (χ3v) is 2.73. The molecular weight excluding hydrogens is 138 g/mol. The normalized spacial score (nSPS) is 22.4. The molecule has 0 bridgehead atoms. The van der Waals surface area contributed by atoms with Gasteiger partial charge in [-0.1, -0.05) is 25.7 Å². The molecule has 0 radical (unpaired) electrons. The summed E-state index contributed by atoms with van der Waals surface area (Å²) in [7, 11) is 0. The van der Waals surface area contributed by atoms with Crippen molar-refractivity contribution in [2.45, 2.75) is 32.1 Å². The highest BCUT2D eigenvalue weighted by Gasteiger charge is 2.18. The Morgan fingerprint density at radius 1 is 1.36 bits per heavy atom. The number of nitrogens with two attached hydrogens (primary N) is 1. The monoisotopic (exact) mass is 157 g/mol. The summed E-state index contributed by atoms with van der Waals surface area (Å²) in [5.41, 5.74) is 5.50. The molecule has 1 saturated carbocycles. The van der Waals surface area contributed by atoms with Crippen molar-refractivity contribution in [3.8, 4) is 0 Å². The summed E-state index contributed by atoms with van der Waals surface area (Å²) in [6.07, 6.45) is 6.63. The number of hydrogen-bond donors (Lipinski definition) is 2. The molecule has 0 heterocycles. The summed E-state index contributed by atoms with van der Waals surface area (Å²) in [5.74, 6) is 1.22. The zero-order chi connectivity index (χ0) is 8.10. The van der Waals surface area contributed by atoms with Crippen molar-refractivity contribution in [3.63, 3.8) is 0 Å². The fourth-order valence-electron chi connectivity index (χ4n) is 1.96. The van der Waals surface area contributed by atoms with Crippen LogP contribution in [0.3, 0.4) is 0 Å². The average molecular weight is 157 g/mol. The first-order chi connectivity index (χ1) is 5.36. The highest BCUT2D eigenvalue weighted by Crippen LogP contribution is 2.29. The van der Waals surface area contributed by atoms with Crippen LogP contribution in [0.5, 0.6) is 0 Å². The van der Waals surface area contributed by atoms with Crippen LogP contribution in [0.15, 0.2) is 0 Å². The van der Waals surface area contributed by atoms with Gasteiger partial charge in [0, 0.05) is 6.61 Å². The predicted molar refractivity (Wildman–Crippen MR) is 46.2 cm³/mol. The molecule has 0 aromatic rings. The van der Waals surface area contributed by atoms with Crippen molar-refractivity contribution in [2.75, 3.05) is 13.2 Å². The molecule has 3 N–H and O–H groups in total. The van der Waals surface area contributed by atoms with Crippen LogP contribution in [0.2, 0.25) is 0 Å². The molecule has 0 spiro atoms. The molecule has 0 aromatic heterocycles.